The average Bonchev–Trinajstić information content (AvgIpc) is 2.76. The predicted molar refractivity (Wildman–Crippen MR) is 83.6 cm³/mol. The minimum absolute atomic E-state index is 0.584. The first kappa shape index (κ1) is 14.4. The molecule has 0 radical (unpaired) electrons. The van der Waals surface area contributed by atoms with Crippen LogP contribution in [0, 0.1) is 0 Å². The second kappa shape index (κ2) is 6.97. The van der Waals surface area contributed by atoms with E-state index >= 15 is 0 Å². The van der Waals surface area contributed by atoms with E-state index in [4.69, 9.17) is 17.3 Å². The van der Waals surface area contributed by atoms with Gasteiger partial charge >= 0.3 is 0 Å². The van der Waals surface area contributed by atoms with E-state index in [1.54, 1.807) is 0 Å². The van der Waals surface area contributed by atoms with Crippen molar-refractivity contribution in [1.82, 2.24) is 4.57 Å². The van der Waals surface area contributed by atoms with E-state index < -0.39 is 0 Å². The molecule has 1 aromatic carbocycles. The van der Waals surface area contributed by atoms with Gasteiger partial charge in [-0.2, -0.15) is 0 Å². The lowest BCUT2D eigenvalue weighted by atomic mass is 10.1. The van der Waals surface area contributed by atoms with Crippen molar-refractivity contribution in [3.63, 3.8) is 0 Å². The minimum atomic E-state index is 0.584. The average molecular weight is 279 g/mol. The first-order chi connectivity index (χ1) is 9.26. The third-order valence-corrected chi connectivity index (χ3v) is 3.88. The Morgan fingerprint density at radius 1 is 1.16 bits per heavy atom. The summed E-state index contributed by atoms with van der Waals surface area (Å²) < 4.78 is 2.30. The molecule has 2 aromatic rings. The van der Waals surface area contributed by atoms with Gasteiger partial charge in [-0.1, -0.05) is 50.3 Å². The summed E-state index contributed by atoms with van der Waals surface area (Å²) in [5.41, 5.74) is 8.24. The molecule has 19 heavy (non-hydrogen) atoms. The van der Waals surface area contributed by atoms with Gasteiger partial charge in [0, 0.05) is 35.2 Å². The number of halogens is 1. The SMILES string of the molecule is CCCCCCCn1cc(CN)c2ccc(Cl)cc21. The highest BCUT2D eigenvalue weighted by Gasteiger charge is 2.07. The maximum atomic E-state index is 6.10. The number of hydrogen-bond donors (Lipinski definition) is 1. The fourth-order valence-corrected chi connectivity index (χ4v) is 2.74. The molecule has 0 fully saturated rings. The molecule has 0 aliphatic heterocycles. The van der Waals surface area contributed by atoms with E-state index in [1.165, 1.54) is 48.6 Å². The number of nitrogens with zero attached hydrogens (tertiary/aromatic N) is 1. The van der Waals surface area contributed by atoms with Crippen LogP contribution in [0.15, 0.2) is 24.4 Å². The highest BCUT2D eigenvalue weighted by Crippen LogP contribution is 2.25. The summed E-state index contributed by atoms with van der Waals surface area (Å²) in [4.78, 5) is 0. The standard InChI is InChI=1S/C16H23ClN2/c1-2-3-4-5-6-9-19-12-13(11-18)15-8-7-14(17)10-16(15)19/h7-8,10,12H,2-6,9,11,18H2,1H3. The normalized spacial score (nSPS) is 11.3. The molecule has 3 heteroatoms. The second-order valence-electron chi connectivity index (χ2n) is 5.13. The zero-order chi connectivity index (χ0) is 13.7. The molecule has 2 rings (SSSR count). The van der Waals surface area contributed by atoms with E-state index in [-0.39, 0.29) is 0 Å². The van der Waals surface area contributed by atoms with Crippen molar-refractivity contribution in [1.29, 1.82) is 0 Å². The van der Waals surface area contributed by atoms with Crippen molar-refractivity contribution in [2.45, 2.75) is 52.1 Å². The van der Waals surface area contributed by atoms with Crippen molar-refractivity contribution in [2.75, 3.05) is 0 Å². The highest BCUT2D eigenvalue weighted by atomic mass is 35.5. The summed E-state index contributed by atoms with van der Waals surface area (Å²) >= 11 is 6.10. The molecule has 0 aliphatic carbocycles. The van der Waals surface area contributed by atoms with Crippen molar-refractivity contribution in [3.8, 4) is 0 Å². The summed E-state index contributed by atoms with van der Waals surface area (Å²) in [5.74, 6) is 0. The zero-order valence-corrected chi connectivity index (χ0v) is 12.4. The maximum Gasteiger partial charge on any atom is 0.0498 e. The lowest BCUT2D eigenvalue weighted by molar-refractivity contribution is 0.577. The molecule has 104 valence electrons. The molecule has 0 amide bonds. The summed E-state index contributed by atoms with van der Waals surface area (Å²) in [7, 11) is 0. The van der Waals surface area contributed by atoms with Crippen LogP contribution < -0.4 is 5.73 Å². The van der Waals surface area contributed by atoms with Gasteiger partial charge in [0.2, 0.25) is 0 Å². The van der Waals surface area contributed by atoms with Gasteiger partial charge in [0.15, 0.2) is 0 Å². The molecular formula is C16H23ClN2. The fraction of sp³-hybridized carbons (Fsp3) is 0.500. The van der Waals surface area contributed by atoms with E-state index in [1.807, 2.05) is 12.1 Å². The Labute approximate surface area is 120 Å². The summed E-state index contributed by atoms with van der Waals surface area (Å²) in [6.07, 6.45) is 8.67. The van der Waals surface area contributed by atoms with Gasteiger partial charge in [0.1, 0.15) is 0 Å². The van der Waals surface area contributed by atoms with E-state index in [0.29, 0.717) is 6.54 Å². The van der Waals surface area contributed by atoms with E-state index in [9.17, 15) is 0 Å². The number of aryl methyl sites for hydroxylation is 1. The summed E-state index contributed by atoms with van der Waals surface area (Å²) in [5, 5.41) is 2.03. The number of aromatic nitrogens is 1. The van der Waals surface area contributed by atoms with Crippen LogP contribution in [0.4, 0.5) is 0 Å². The van der Waals surface area contributed by atoms with E-state index in [0.717, 1.165) is 11.6 Å². The van der Waals surface area contributed by atoms with Crippen LogP contribution in [0.2, 0.25) is 5.02 Å². The molecule has 0 atom stereocenters. The molecule has 0 unspecified atom stereocenters. The number of rotatable bonds is 7. The Morgan fingerprint density at radius 2 is 1.95 bits per heavy atom. The predicted octanol–water partition coefficient (Wildman–Crippen LogP) is 4.72. The largest absolute Gasteiger partial charge is 0.347 e. The third-order valence-electron chi connectivity index (χ3n) is 3.65. The van der Waals surface area contributed by atoms with Crippen molar-refractivity contribution in [2.24, 2.45) is 5.73 Å². The Balaban J connectivity index is 2.11. The Morgan fingerprint density at radius 3 is 2.68 bits per heavy atom. The van der Waals surface area contributed by atoms with Crippen molar-refractivity contribution < 1.29 is 0 Å². The number of benzene rings is 1. The fourth-order valence-electron chi connectivity index (χ4n) is 2.57. The first-order valence-corrected chi connectivity index (χ1v) is 7.61. The van der Waals surface area contributed by atoms with Crippen molar-refractivity contribution in [3.05, 3.63) is 35.0 Å². The zero-order valence-electron chi connectivity index (χ0n) is 11.7. The van der Waals surface area contributed by atoms with Gasteiger partial charge in [-0.15, -0.1) is 0 Å². The first-order valence-electron chi connectivity index (χ1n) is 7.23. The summed E-state index contributed by atoms with van der Waals surface area (Å²) in [6.45, 7) is 3.89. The monoisotopic (exact) mass is 278 g/mol. The van der Waals surface area contributed by atoms with Gasteiger partial charge in [-0.05, 0) is 24.1 Å². The highest BCUT2D eigenvalue weighted by molar-refractivity contribution is 6.31. The molecule has 0 saturated carbocycles. The van der Waals surface area contributed by atoms with Crippen LogP contribution in [0.3, 0.4) is 0 Å². The number of fused-ring (bicyclic) bond motifs is 1. The Bertz CT molecular complexity index is 531. The maximum absolute atomic E-state index is 6.10. The van der Waals surface area contributed by atoms with Crippen LogP contribution in [0.25, 0.3) is 10.9 Å². The van der Waals surface area contributed by atoms with Crippen LogP contribution in [-0.4, -0.2) is 4.57 Å². The molecule has 0 bridgehead atoms. The smallest absolute Gasteiger partial charge is 0.0498 e. The molecule has 0 saturated heterocycles. The quantitative estimate of drug-likeness (QED) is 0.730. The molecule has 1 aromatic heterocycles. The third kappa shape index (κ3) is 3.52. The lowest BCUT2D eigenvalue weighted by Gasteiger charge is -2.05. The molecule has 2 nitrogen and oxygen atoms in total. The number of hydrogen-bond acceptors (Lipinski definition) is 1. The molecular weight excluding hydrogens is 256 g/mol. The number of nitrogens with two attached hydrogens (primary N) is 1. The Kier molecular flexibility index (Phi) is 5.29. The number of unbranched alkanes of at least 4 members (excludes halogenated alkanes) is 4. The second-order valence-corrected chi connectivity index (χ2v) is 5.56. The molecule has 2 N–H and O–H groups in total. The lowest BCUT2D eigenvalue weighted by Crippen LogP contribution is -1.97. The van der Waals surface area contributed by atoms with E-state index in [2.05, 4.69) is 23.8 Å². The van der Waals surface area contributed by atoms with Crippen LogP contribution in [-0.2, 0) is 13.1 Å². The molecule has 0 aliphatic rings. The van der Waals surface area contributed by atoms with Crippen LogP contribution in [0.5, 0.6) is 0 Å². The van der Waals surface area contributed by atoms with Gasteiger partial charge in [-0.25, -0.2) is 0 Å². The topological polar surface area (TPSA) is 30.9 Å². The van der Waals surface area contributed by atoms with Gasteiger partial charge < -0.3 is 10.3 Å². The molecule has 0 spiro atoms. The van der Waals surface area contributed by atoms with Gasteiger partial charge in [0.05, 0.1) is 0 Å². The minimum Gasteiger partial charge on any atom is -0.347 e. The molecule has 1 heterocycles. The Hall–Kier alpha value is -0.990. The van der Waals surface area contributed by atoms with Crippen molar-refractivity contribution >= 4 is 22.5 Å². The summed E-state index contributed by atoms with van der Waals surface area (Å²) in [6, 6.07) is 6.06. The van der Waals surface area contributed by atoms with Crippen LogP contribution in [0.1, 0.15) is 44.6 Å². The van der Waals surface area contributed by atoms with Crippen LogP contribution >= 0.6 is 11.6 Å². The van der Waals surface area contributed by atoms with Gasteiger partial charge in [0.25, 0.3) is 0 Å². The van der Waals surface area contributed by atoms with Gasteiger partial charge in [-0.3, -0.25) is 0 Å².